The highest BCUT2D eigenvalue weighted by Crippen LogP contribution is 2.34. The zero-order chi connectivity index (χ0) is 28.8. The second-order valence-electron chi connectivity index (χ2n) is 10.3. The Bertz CT molecular complexity index is 1400. The van der Waals surface area contributed by atoms with Gasteiger partial charge in [-0.15, -0.1) is 0 Å². The van der Waals surface area contributed by atoms with Crippen molar-refractivity contribution in [1.82, 2.24) is 14.8 Å². The van der Waals surface area contributed by atoms with Crippen LogP contribution in [0, 0.1) is 29.1 Å². The maximum atomic E-state index is 12.4. The number of likely N-dealkylation sites (tertiary alicyclic amines) is 2. The molecule has 2 saturated heterocycles. The summed E-state index contributed by atoms with van der Waals surface area (Å²) in [4.78, 5) is 43.4. The number of ether oxygens (including phenoxy) is 2. The highest BCUT2D eigenvalue weighted by molar-refractivity contribution is 6.03. The number of hydrogen-bond acceptors (Lipinski definition) is 7. The third kappa shape index (κ3) is 6.73. The Morgan fingerprint density at radius 2 is 1.90 bits per heavy atom. The summed E-state index contributed by atoms with van der Waals surface area (Å²) in [6, 6.07) is 5.23. The molecule has 0 saturated carbocycles. The fraction of sp³-hybridized carbons (Fsp3) is 0.483. The molecule has 4 rings (SSSR count). The molecule has 2 aliphatic rings. The minimum Gasteiger partial charge on any atom is -0.490 e. The molecule has 1 atom stereocenters. The van der Waals surface area contributed by atoms with Crippen LogP contribution in [0.1, 0.15) is 61.9 Å². The van der Waals surface area contributed by atoms with E-state index in [1.807, 2.05) is 19.9 Å². The van der Waals surface area contributed by atoms with Gasteiger partial charge in [-0.05, 0) is 51.7 Å². The summed E-state index contributed by atoms with van der Waals surface area (Å²) >= 11 is 0. The Hall–Kier alpha value is -4.51. The molecule has 2 fully saturated rings. The Morgan fingerprint density at radius 3 is 2.55 bits per heavy atom. The number of rotatable bonds is 6. The number of hydrogen-bond donors (Lipinski definition) is 2. The molecule has 0 aliphatic carbocycles. The molecule has 1 aromatic carbocycles. The highest BCUT2D eigenvalue weighted by atomic mass is 16.5. The van der Waals surface area contributed by atoms with Crippen molar-refractivity contribution in [2.45, 2.75) is 58.2 Å². The number of nitrogens with zero attached hydrogens (tertiary/aromatic N) is 4. The van der Waals surface area contributed by atoms with Crippen molar-refractivity contribution in [3.63, 3.8) is 0 Å². The van der Waals surface area contributed by atoms with Gasteiger partial charge in [-0.2, -0.15) is 5.26 Å². The lowest BCUT2D eigenvalue weighted by Crippen LogP contribution is -2.44. The molecule has 0 spiro atoms. The summed E-state index contributed by atoms with van der Waals surface area (Å²) in [5.74, 6) is 6.21. The molecular weight excluding hydrogens is 514 g/mol. The van der Waals surface area contributed by atoms with Crippen molar-refractivity contribution in [1.29, 1.82) is 5.26 Å². The topological polar surface area (TPSA) is 159 Å². The van der Waals surface area contributed by atoms with Crippen molar-refractivity contribution in [2.75, 3.05) is 26.2 Å². The number of primary amides is 1. The minimum absolute atomic E-state index is 0.0277. The number of carbonyl (C=O) groups is 3. The molecule has 1 aromatic heterocycles. The predicted octanol–water partition coefficient (Wildman–Crippen LogP) is 3.15. The molecule has 2 aliphatic heterocycles. The van der Waals surface area contributed by atoms with E-state index in [0.29, 0.717) is 73.4 Å². The zero-order valence-electron chi connectivity index (χ0n) is 22.7. The molecule has 3 N–H and O–H groups in total. The molecule has 0 radical (unpaired) electrons. The van der Waals surface area contributed by atoms with Crippen molar-refractivity contribution in [3.05, 3.63) is 29.5 Å². The van der Waals surface area contributed by atoms with Crippen LogP contribution in [0.5, 0.6) is 11.6 Å². The lowest BCUT2D eigenvalue weighted by atomic mass is 9.96. The van der Waals surface area contributed by atoms with Crippen LogP contribution in [0.15, 0.2) is 18.3 Å². The maximum absolute atomic E-state index is 12.4. The summed E-state index contributed by atoms with van der Waals surface area (Å²) in [6.45, 7) is 5.46. The van der Waals surface area contributed by atoms with E-state index >= 15 is 0 Å². The first kappa shape index (κ1) is 28.5. The SMILES string of the molecule is CC(C)Oc1cc2c(OC3CCCN(C(=O)CC#N)C3)ncc(C#CC3CCN(C(=O)O)CC3)c2cc1C(N)=O. The number of piperidine rings is 2. The average Bonchev–Trinajstić information content (AvgIpc) is 2.92. The number of benzene rings is 1. The van der Waals surface area contributed by atoms with E-state index in [4.69, 9.17) is 20.5 Å². The van der Waals surface area contributed by atoms with E-state index in [1.165, 1.54) is 4.90 Å². The maximum Gasteiger partial charge on any atom is 0.407 e. The van der Waals surface area contributed by atoms with E-state index < -0.39 is 12.0 Å². The Kier molecular flexibility index (Phi) is 8.95. The summed E-state index contributed by atoms with van der Waals surface area (Å²) in [7, 11) is 0. The third-order valence-electron chi connectivity index (χ3n) is 7.00. The summed E-state index contributed by atoms with van der Waals surface area (Å²) in [6.07, 6.45) is 2.66. The van der Waals surface area contributed by atoms with Crippen LogP contribution in [0.3, 0.4) is 0 Å². The number of carbonyl (C=O) groups excluding carboxylic acids is 2. The highest BCUT2D eigenvalue weighted by Gasteiger charge is 2.27. The van der Waals surface area contributed by atoms with Gasteiger partial charge in [0.1, 0.15) is 18.3 Å². The molecule has 3 amide bonds. The van der Waals surface area contributed by atoms with Crippen LogP contribution in [-0.4, -0.2) is 76.2 Å². The molecule has 2 aromatic rings. The molecule has 3 heterocycles. The van der Waals surface area contributed by atoms with Gasteiger partial charge in [0.15, 0.2) is 0 Å². The lowest BCUT2D eigenvalue weighted by molar-refractivity contribution is -0.132. The van der Waals surface area contributed by atoms with Crippen molar-refractivity contribution in [3.8, 4) is 29.5 Å². The van der Waals surface area contributed by atoms with Gasteiger partial charge in [0.2, 0.25) is 11.8 Å². The molecule has 40 heavy (non-hydrogen) atoms. The number of nitrogens with two attached hydrogens (primary N) is 1. The summed E-state index contributed by atoms with van der Waals surface area (Å²) < 4.78 is 12.2. The quantitative estimate of drug-likeness (QED) is 0.522. The van der Waals surface area contributed by atoms with Crippen LogP contribution < -0.4 is 15.2 Å². The van der Waals surface area contributed by atoms with Crippen molar-refractivity contribution >= 4 is 28.7 Å². The fourth-order valence-electron chi connectivity index (χ4n) is 4.97. The fourth-order valence-corrected chi connectivity index (χ4v) is 4.97. The standard InChI is InChI=1S/C29H33N5O6/c1-18(2)39-25-15-23-22(14-24(25)27(31)36)20(6-5-19-8-12-33(13-9-19)29(37)38)16-32-28(23)40-21-4-3-11-34(17-21)26(35)7-10-30/h14-16,18-19,21H,3-4,7-9,11-13,17H2,1-2H3,(H2,31,36)(H,37,38). The molecule has 210 valence electrons. The van der Waals surface area contributed by atoms with Gasteiger partial charge in [-0.3, -0.25) is 9.59 Å². The third-order valence-corrected chi connectivity index (χ3v) is 7.00. The summed E-state index contributed by atoms with van der Waals surface area (Å²) in [5.41, 5.74) is 6.49. The number of nitriles is 1. The van der Waals surface area contributed by atoms with Crippen molar-refractivity contribution < 1.29 is 29.0 Å². The van der Waals surface area contributed by atoms with Gasteiger partial charge < -0.3 is 30.1 Å². The Labute approximate surface area is 232 Å². The van der Waals surface area contributed by atoms with Crippen LogP contribution in [0.2, 0.25) is 0 Å². The Morgan fingerprint density at radius 1 is 1.15 bits per heavy atom. The van der Waals surface area contributed by atoms with Gasteiger partial charge in [0.25, 0.3) is 5.91 Å². The second-order valence-corrected chi connectivity index (χ2v) is 10.3. The van der Waals surface area contributed by atoms with E-state index in [9.17, 15) is 19.5 Å². The predicted molar refractivity (Wildman–Crippen MR) is 146 cm³/mol. The molecular formula is C29H33N5O6. The first-order chi connectivity index (χ1) is 19.2. The first-order valence-corrected chi connectivity index (χ1v) is 13.4. The van der Waals surface area contributed by atoms with Gasteiger partial charge in [0.05, 0.1) is 29.8 Å². The average molecular weight is 548 g/mol. The van der Waals surface area contributed by atoms with E-state index in [-0.39, 0.29) is 36.0 Å². The second kappa shape index (κ2) is 12.6. The van der Waals surface area contributed by atoms with Gasteiger partial charge in [-0.1, -0.05) is 11.8 Å². The largest absolute Gasteiger partial charge is 0.490 e. The van der Waals surface area contributed by atoms with Crippen molar-refractivity contribution in [2.24, 2.45) is 11.7 Å². The van der Waals surface area contributed by atoms with Gasteiger partial charge >= 0.3 is 6.09 Å². The van der Waals surface area contributed by atoms with Gasteiger partial charge in [-0.25, -0.2) is 9.78 Å². The molecule has 1 unspecified atom stereocenters. The number of pyridine rings is 1. The Balaban J connectivity index is 1.70. The van der Waals surface area contributed by atoms with Crippen LogP contribution in [0.25, 0.3) is 10.8 Å². The van der Waals surface area contributed by atoms with E-state index in [0.717, 1.165) is 6.42 Å². The van der Waals surface area contributed by atoms with Crippen LogP contribution in [0.4, 0.5) is 4.79 Å². The minimum atomic E-state index is -0.925. The normalized spacial score (nSPS) is 17.6. The molecule has 11 nitrogen and oxygen atoms in total. The molecule has 0 bridgehead atoms. The van der Waals surface area contributed by atoms with E-state index in [2.05, 4.69) is 16.8 Å². The summed E-state index contributed by atoms with van der Waals surface area (Å²) in [5, 5.41) is 19.3. The zero-order valence-corrected chi connectivity index (χ0v) is 22.7. The number of fused-ring (bicyclic) bond motifs is 1. The lowest BCUT2D eigenvalue weighted by Gasteiger charge is -2.32. The smallest absolute Gasteiger partial charge is 0.407 e. The number of carboxylic acid groups (broad SMARTS) is 1. The van der Waals surface area contributed by atoms with Crippen LogP contribution in [-0.2, 0) is 4.79 Å². The molecule has 11 heteroatoms. The first-order valence-electron chi connectivity index (χ1n) is 13.4. The number of amides is 3. The van der Waals surface area contributed by atoms with Gasteiger partial charge in [0, 0.05) is 42.5 Å². The van der Waals surface area contributed by atoms with E-state index in [1.54, 1.807) is 23.2 Å². The number of aromatic nitrogens is 1. The monoisotopic (exact) mass is 547 g/mol. The van der Waals surface area contributed by atoms with Crippen LogP contribution >= 0.6 is 0 Å².